The molecule has 0 atom stereocenters. The van der Waals surface area contributed by atoms with E-state index in [0.29, 0.717) is 17.0 Å². The van der Waals surface area contributed by atoms with Gasteiger partial charge in [0.1, 0.15) is 6.33 Å². The van der Waals surface area contributed by atoms with Gasteiger partial charge in [-0.2, -0.15) is 5.10 Å². The molecule has 20 heavy (non-hydrogen) atoms. The molecule has 7 heteroatoms. The van der Waals surface area contributed by atoms with Crippen molar-refractivity contribution in [3.63, 3.8) is 0 Å². The molecule has 0 fully saturated rings. The highest BCUT2D eigenvalue weighted by molar-refractivity contribution is 5.68. The van der Waals surface area contributed by atoms with Gasteiger partial charge in [0.25, 0.3) is 5.56 Å². The molecule has 0 aliphatic rings. The standard InChI is InChI=1S/C13H15N5O2/c1-7(2)10-11(16-17-13(10)19)8-4-9(20-3)12-14-6-15-18(12)5-8/h4-7H,1-3H3,(H2,16,17,19). The highest BCUT2D eigenvalue weighted by Crippen LogP contribution is 2.28. The van der Waals surface area contributed by atoms with Gasteiger partial charge in [0.05, 0.1) is 12.8 Å². The number of ether oxygens (including phenoxy) is 1. The van der Waals surface area contributed by atoms with Crippen LogP contribution in [-0.4, -0.2) is 31.9 Å². The Hall–Kier alpha value is -2.57. The van der Waals surface area contributed by atoms with E-state index < -0.39 is 0 Å². The Morgan fingerprint density at radius 1 is 1.35 bits per heavy atom. The van der Waals surface area contributed by atoms with Gasteiger partial charge in [-0.05, 0) is 12.0 Å². The van der Waals surface area contributed by atoms with Gasteiger partial charge >= 0.3 is 0 Å². The minimum atomic E-state index is -0.104. The van der Waals surface area contributed by atoms with Gasteiger partial charge in [-0.3, -0.25) is 15.0 Å². The SMILES string of the molecule is COc1cc(-c2[nH][nH]c(=O)c2C(C)C)cn2ncnc12. The summed E-state index contributed by atoms with van der Waals surface area (Å²) in [5.41, 5.74) is 2.82. The second kappa shape index (κ2) is 4.52. The molecule has 0 aliphatic heterocycles. The lowest BCUT2D eigenvalue weighted by molar-refractivity contribution is 0.416. The van der Waals surface area contributed by atoms with Crippen molar-refractivity contribution in [2.24, 2.45) is 0 Å². The van der Waals surface area contributed by atoms with E-state index >= 15 is 0 Å². The number of rotatable bonds is 3. The van der Waals surface area contributed by atoms with E-state index in [-0.39, 0.29) is 11.5 Å². The van der Waals surface area contributed by atoms with Crippen LogP contribution in [0.15, 0.2) is 23.4 Å². The molecule has 2 N–H and O–H groups in total. The number of nitrogens with one attached hydrogen (secondary N) is 2. The van der Waals surface area contributed by atoms with E-state index in [0.717, 1.165) is 11.3 Å². The van der Waals surface area contributed by atoms with Gasteiger partial charge in [-0.15, -0.1) is 0 Å². The smallest absolute Gasteiger partial charge is 0.267 e. The summed E-state index contributed by atoms with van der Waals surface area (Å²) in [4.78, 5) is 16.0. The molecule has 3 aromatic rings. The van der Waals surface area contributed by atoms with Crippen LogP contribution in [-0.2, 0) is 0 Å². The van der Waals surface area contributed by atoms with Crippen LogP contribution in [0.2, 0.25) is 0 Å². The predicted molar refractivity (Wildman–Crippen MR) is 74.0 cm³/mol. The first kappa shape index (κ1) is 12.5. The van der Waals surface area contributed by atoms with Crippen LogP contribution in [0.3, 0.4) is 0 Å². The number of aromatic nitrogens is 5. The quantitative estimate of drug-likeness (QED) is 0.757. The number of fused-ring (bicyclic) bond motifs is 1. The minimum Gasteiger partial charge on any atom is -0.493 e. The number of H-pyrrole nitrogens is 2. The van der Waals surface area contributed by atoms with Crippen molar-refractivity contribution in [2.75, 3.05) is 7.11 Å². The molecule has 7 nitrogen and oxygen atoms in total. The average molecular weight is 273 g/mol. The molecule has 0 aromatic carbocycles. The Bertz CT molecular complexity index is 812. The summed E-state index contributed by atoms with van der Waals surface area (Å²) in [5.74, 6) is 0.717. The summed E-state index contributed by atoms with van der Waals surface area (Å²) in [6.07, 6.45) is 3.28. The fourth-order valence-corrected chi connectivity index (χ4v) is 2.33. The molecule has 0 spiro atoms. The highest BCUT2D eigenvalue weighted by Gasteiger charge is 2.17. The van der Waals surface area contributed by atoms with Gasteiger partial charge in [-0.25, -0.2) is 9.50 Å². The fraction of sp³-hybridized carbons (Fsp3) is 0.308. The van der Waals surface area contributed by atoms with Crippen molar-refractivity contribution in [1.29, 1.82) is 0 Å². The van der Waals surface area contributed by atoms with Crippen LogP contribution in [0.25, 0.3) is 16.9 Å². The van der Waals surface area contributed by atoms with Gasteiger partial charge < -0.3 is 4.74 Å². The van der Waals surface area contributed by atoms with E-state index in [2.05, 4.69) is 20.3 Å². The van der Waals surface area contributed by atoms with E-state index in [4.69, 9.17) is 4.74 Å². The van der Waals surface area contributed by atoms with E-state index in [1.54, 1.807) is 11.6 Å². The molecule has 3 heterocycles. The molecule has 0 saturated heterocycles. The zero-order valence-electron chi connectivity index (χ0n) is 11.5. The topological polar surface area (TPSA) is 88.1 Å². The third kappa shape index (κ3) is 1.78. The van der Waals surface area contributed by atoms with Crippen LogP contribution in [0.4, 0.5) is 0 Å². The maximum absolute atomic E-state index is 11.9. The van der Waals surface area contributed by atoms with Crippen molar-refractivity contribution >= 4 is 5.65 Å². The summed E-state index contributed by atoms with van der Waals surface area (Å²) in [6.45, 7) is 3.96. The van der Waals surface area contributed by atoms with Crippen LogP contribution >= 0.6 is 0 Å². The average Bonchev–Trinajstić information content (AvgIpc) is 3.03. The third-order valence-corrected chi connectivity index (χ3v) is 3.24. The molecule has 0 unspecified atom stereocenters. The Labute approximate surface area is 114 Å². The van der Waals surface area contributed by atoms with E-state index in [1.165, 1.54) is 6.33 Å². The molecule has 0 amide bonds. The minimum absolute atomic E-state index is 0.104. The summed E-state index contributed by atoms with van der Waals surface area (Å²) >= 11 is 0. The third-order valence-electron chi connectivity index (χ3n) is 3.24. The molecule has 104 valence electrons. The zero-order chi connectivity index (χ0) is 14.3. The van der Waals surface area contributed by atoms with Crippen LogP contribution in [0.5, 0.6) is 5.75 Å². The Balaban J connectivity index is 2.27. The molecule has 0 saturated carbocycles. The zero-order valence-corrected chi connectivity index (χ0v) is 11.5. The van der Waals surface area contributed by atoms with Crippen molar-refractivity contribution in [3.05, 3.63) is 34.5 Å². The summed E-state index contributed by atoms with van der Waals surface area (Å²) in [7, 11) is 1.58. The van der Waals surface area contributed by atoms with Crippen molar-refractivity contribution in [1.82, 2.24) is 24.8 Å². The first-order valence-corrected chi connectivity index (χ1v) is 6.30. The molecule has 0 bridgehead atoms. The lowest BCUT2D eigenvalue weighted by Crippen LogP contribution is -2.07. The summed E-state index contributed by atoms with van der Waals surface area (Å²) in [5, 5.41) is 9.67. The number of pyridine rings is 1. The Morgan fingerprint density at radius 3 is 2.85 bits per heavy atom. The molecule has 3 rings (SSSR count). The van der Waals surface area contributed by atoms with E-state index in [1.807, 2.05) is 26.1 Å². The molecule has 0 aliphatic carbocycles. The maximum Gasteiger partial charge on any atom is 0.267 e. The van der Waals surface area contributed by atoms with Crippen molar-refractivity contribution in [2.45, 2.75) is 19.8 Å². The second-order valence-corrected chi connectivity index (χ2v) is 4.85. The fourth-order valence-electron chi connectivity index (χ4n) is 2.33. The Morgan fingerprint density at radius 2 is 2.15 bits per heavy atom. The number of aromatic amines is 2. The number of hydrogen-bond acceptors (Lipinski definition) is 4. The lowest BCUT2D eigenvalue weighted by atomic mass is 10.0. The highest BCUT2D eigenvalue weighted by atomic mass is 16.5. The van der Waals surface area contributed by atoms with Crippen LogP contribution < -0.4 is 10.3 Å². The summed E-state index contributed by atoms with van der Waals surface area (Å²) < 4.78 is 6.96. The second-order valence-electron chi connectivity index (χ2n) is 4.85. The van der Waals surface area contributed by atoms with Gasteiger partial charge in [-0.1, -0.05) is 13.8 Å². The van der Waals surface area contributed by atoms with Gasteiger partial charge in [0.15, 0.2) is 11.4 Å². The van der Waals surface area contributed by atoms with Crippen molar-refractivity contribution in [3.8, 4) is 17.0 Å². The first-order chi connectivity index (χ1) is 9.61. The van der Waals surface area contributed by atoms with Crippen LogP contribution in [0.1, 0.15) is 25.3 Å². The van der Waals surface area contributed by atoms with Gasteiger partial charge in [0, 0.05) is 17.3 Å². The normalized spacial score (nSPS) is 11.4. The predicted octanol–water partition coefficient (Wildman–Crippen LogP) is 1.54. The maximum atomic E-state index is 11.9. The molecular weight excluding hydrogens is 258 g/mol. The first-order valence-electron chi connectivity index (χ1n) is 6.30. The number of nitrogens with zero attached hydrogens (tertiary/aromatic N) is 3. The summed E-state index contributed by atoms with van der Waals surface area (Å²) in [6, 6.07) is 1.84. The monoisotopic (exact) mass is 273 g/mol. The molecule has 0 radical (unpaired) electrons. The number of methoxy groups -OCH3 is 1. The molecule has 3 aromatic heterocycles. The van der Waals surface area contributed by atoms with Crippen LogP contribution in [0, 0.1) is 0 Å². The lowest BCUT2D eigenvalue weighted by Gasteiger charge is -2.08. The number of hydrogen-bond donors (Lipinski definition) is 2. The van der Waals surface area contributed by atoms with Crippen molar-refractivity contribution < 1.29 is 4.74 Å². The largest absolute Gasteiger partial charge is 0.493 e. The van der Waals surface area contributed by atoms with E-state index in [9.17, 15) is 4.79 Å². The molecular formula is C13H15N5O2. The Kier molecular flexibility index (Phi) is 2.81. The van der Waals surface area contributed by atoms with Gasteiger partial charge in [0.2, 0.25) is 0 Å².